The number of nitrogens with zero attached hydrogens (tertiary/aromatic N) is 3. The SMILES string of the molecule is Cc1nnc2n1C[C@@H](NC(=O)COCCOc1ccccc1)CC2. The van der Waals surface area contributed by atoms with Gasteiger partial charge in [0.2, 0.25) is 5.91 Å². The summed E-state index contributed by atoms with van der Waals surface area (Å²) in [5.41, 5.74) is 0. The van der Waals surface area contributed by atoms with Gasteiger partial charge in [0.15, 0.2) is 0 Å². The second-order valence-electron chi connectivity index (χ2n) is 5.79. The van der Waals surface area contributed by atoms with E-state index in [9.17, 15) is 4.79 Å². The van der Waals surface area contributed by atoms with Crippen molar-refractivity contribution in [3.63, 3.8) is 0 Å². The molecule has 0 radical (unpaired) electrons. The number of hydrogen-bond acceptors (Lipinski definition) is 5. The van der Waals surface area contributed by atoms with Crippen LogP contribution in [0.25, 0.3) is 0 Å². The van der Waals surface area contributed by atoms with Crippen LogP contribution in [0.2, 0.25) is 0 Å². The minimum atomic E-state index is -0.103. The molecule has 1 aromatic heterocycles. The van der Waals surface area contributed by atoms with E-state index in [4.69, 9.17) is 9.47 Å². The van der Waals surface area contributed by atoms with Crippen molar-refractivity contribution in [3.05, 3.63) is 42.0 Å². The van der Waals surface area contributed by atoms with Crippen LogP contribution in [-0.4, -0.2) is 46.5 Å². The third-order valence-electron chi connectivity index (χ3n) is 3.97. The lowest BCUT2D eigenvalue weighted by molar-refractivity contribution is -0.126. The molecule has 7 heteroatoms. The van der Waals surface area contributed by atoms with Crippen molar-refractivity contribution in [1.29, 1.82) is 0 Å². The highest BCUT2D eigenvalue weighted by Crippen LogP contribution is 2.14. The van der Waals surface area contributed by atoms with Gasteiger partial charge in [-0.3, -0.25) is 4.79 Å². The molecule has 0 fully saturated rings. The normalized spacial score (nSPS) is 16.5. The fraction of sp³-hybridized carbons (Fsp3) is 0.471. The monoisotopic (exact) mass is 330 g/mol. The smallest absolute Gasteiger partial charge is 0.246 e. The van der Waals surface area contributed by atoms with Crippen molar-refractivity contribution in [3.8, 4) is 5.75 Å². The summed E-state index contributed by atoms with van der Waals surface area (Å²) in [7, 11) is 0. The molecule has 7 nitrogen and oxygen atoms in total. The Morgan fingerprint density at radius 1 is 1.29 bits per heavy atom. The standard InChI is InChI=1S/C17H22N4O3/c1-13-19-20-16-8-7-14(11-21(13)16)18-17(22)12-23-9-10-24-15-5-3-2-4-6-15/h2-6,14H,7-12H2,1H3,(H,18,22)/t14-/m0/s1. The summed E-state index contributed by atoms with van der Waals surface area (Å²) in [5.74, 6) is 2.58. The molecule has 24 heavy (non-hydrogen) atoms. The van der Waals surface area contributed by atoms with E-state index in [1.807, 2.05) is 37.3 Å². The Morgan fingerprint density at radius 2 is 2.12 bits per heavy atom. The zero-order chi connectivity index (χ0) is 16.8. The van der Waals surface area contributed by atoms with Gasteiger partial charge in [-0.1, -0.05) is 18.2 Å². The Morgan fingerprint density at radius 3 is 2.96 bits per heavy atom. The van der Waals surface area contributed by atoms with E-state index >= 15 is 0 Å². The molecule has 1 aromatic carbocycles. The van der Waals surface area contributed by atoms with Crippen LogP contribution < -0.4 is 10.1 Å². The number of aryl methyl sites for hydroxylation is 2. The summed E-state index contributed by atoms with van der Waals surface area (Å²) in [6, 6.07) is 9.63. The second kappa shape index (κ2) is 7.92. The number of nitrogens with one attached hydrogen (secondary N) is 1. The zero-order valence-electron chi connectivity index (χ0n) is 13.8. The van der Waals surface area contributed by atoms with Crippen LogP contribution in [0, 0.1) is 6.92 Å². The summed E-state index contributed by atoms with van der Waals surface area (Å²) < 4.78 is 12.9. The van der Waals surface area contributed by atoms with Gasteiger partial charge < -0.3 is 19.4 Å². The van der Waals surface area contributed by atoms with Gasteiger partial charge in [-0.15, -0.1) is 10.2 Å². The Kier molecular flexibility index (Phi) is 5.43. The lowest BCUT2D eigenvalue weighted by Gasteiger charge is -2.24. The van der Waals surface area contributed by atoms with Crippen LogP contribution >= 0.6 is 0 Å². The van der Waals surface area contributed by atoms with E-state index in [-0.39, 0.29) is 18.6 Å². The Hall–Kier alpha value is -2.41. The second-order valence-corrected chi connectivity index (χ2v) is 5.79. The summed E-state index contributed by atoms with van der Waals surface area (Å²) in [6.45, 7) is 3.49. The minimum absolute atomic E-state index is 0.0443. The van der Waals surface area contributed by atoms with Gasteiger partial charge in [-0.25, -0.2) is 0 Å². The quantitative estimate of drug-likeness (QED) is 0.770. The summed E-state index contributed by atoms with van der Waals surface area (Å²) >= 11 is 0. The molecule has 1 N–H and O–H groups in total. The van der Waals surface area contributed by atoms with E-state index in [1.54, 1.807) is 0 Å². The van der Waals surface area contributed by atoms with Gasteiger partial charge >= 0.3 is 0 Å². The van der Waals surface area contributed by atoms with E-state index in [0.29, 0.717) is 13.2 Å². The van der Waals surface area contributed by atoms with Gasteiger partial charge in [0, 0.05) is 19.0 Å². The molecule has 2 heterocycles. The Bertz CT molecular complexity index is 672. The first kappa shape index (κ1) is 16.4. The number of hydrogen-bond donors (Lipinski definition) is 1. The number of para-hydroxylation sites is 1. The first-order valence-electron chi connectivity index (χ1n) is 8.16. The van der Waals surface area contributed by atoms with E-state index in [0.717, 1.165) is 36.8 Å². The lowest BCUT2D eigenvalue weighted by Crippen LogP contribution is -2.42. The molecule has 3 rings (SSSR count). The Balaban J connectivity index is 1.32. The predicted molar refractivity (Wildman–Crippen MR) is 87.8 cm³/mol. The van der Waals surface area contributed by atoms with E-state index < -0.39 is 0 Å². The third kappa shape index (κ3) is 4.32. The first-order valence-corrected chi connectivity index (χ1v) is 8.16. The molecular formula is C17H22N4O3. The number of carbonyl (C=O) groups is 1. The number of ether oxygens (including phenoxy) is 2. The molecule has 128 valence electrons. The molecule has 1 aliphatic heterocycles. The van der Waals surface area contributed by atoms with Crippen molar-refractivity contribution >= 4 is 5.91 Å². The summed E-state index contributed by atoms with van der Waals surface area (Å²) in [6.07, 6.45) is 1.71. The van der Waals surface area contributed by atoms with Crippen LogP contribution in [0.3, 0.4) is 0 Å². The first-order chi connectivity index (χ1) is 11.7. The van der Waals surface area contributed by atoms with Crippen LogP contribution in [0.5, 0.6) is 5.75 Å². The number of amides is 1. The molecule has 0 spiro atoms. The predicted octanol–water partition coefficient (Wildman–Crippen LogP) is 1.11. The lowest BCUT2D eigenvalue weighted by atomic mass is 10.1. The van der Waals surface area contributed by atoms with Gasteiger partial charge in [-0.05, 0) is 25.5 Å². The maximum atomic E-state index is 12.0. The molecule has 0 aliphatic carbocycles. The molecule has 0 unspecified atom stereocenters. The number of aromatic nitrogens is 3. The van der Waals surface area contributed by atoms with Gasteiger partial charge in [0.25, 0.3) is 0 Å². The maximum Gasteiger partial charge on any atom is 0.246 e. The van der Waals surface area contributed by atoms with Crippen molar-refractivity contribution in [1.82, 2.24) is 20.1 Å². The van der Waals surface area contributed by atoms with Crippen molar-refractivity contribution < 1.29 is 14.3 Å². The fourth-order valence-electron chi connectivity index (χ4n) is 2.75. The van der Waals surface area contributed by atoms with Crippen LogP contribution in [0.1, 0.15) is 18.1 Å². The molecule has 2 aromatic rings. The average Bonchev–Trinajstić information content (AvgIpc) is 2.96. The van der Waals surface area contributed by atoms with E-state index in [2.05, 4.69) is 20.1 Å². The highest BCUT2D eigenvalue weighted by Gasteiger charge is 2.22. The number of benzene rings is 1. The molecule has 1 aliphatic rings. The molecule has 0 saturated heterocycles. The Labute approximate surface area is 141 Å². The number of carbonyl (C=O) groups excluding carboxylic acids is 1. The van der Waals surface area contributed by atoms with Gasteiger partial charge in [0.05, 0.1) is 6.61 Å². The third-order valence-corrected chi connectivity index (χ3v) is 3.97. The summed E-state index contributed by atoms with van der Waals surface area (Å²) in [5, 5.41) is 11.2. The topological polar surface area (TPSA) is 78.3 Å². The van der Waals surface area contributed by atoms with Crippen molar-refractivity contribution in [2.75, 3.05) is 19.8 Å². The molecular weight excluding hydrogens is 308 g/mol. The molecule has 0 saturated carbocycles. The average molecular weight is 330 g/mol. The highest BCUT2D eigenvalue weighted by atomic mass is 16.5. The number of rotatable bonds is 7. The fourth-order valence-corrected chi connectivity index (χ4v) is 2.75. The maximum absolute atomic E-state index is 12.0. The van der Waals surface area contributed by atoms with Crippen LogP contribution in [0.15, 0.2) is 30.3 Å². The van der Waals surface area contributed by atoms with E-state index in [1.165, 1.54) is 0 Å². The highest BCUT2D eigenvalue weighted by molar-refractivity contribution is 5.77. The largest absolute Gasteiger partial charge is 0.491 e. The van der Waals surface area contributed by atoms with Crippen molar-refractivity contribution in [2.24, 2.45) is 0 Å². The van der Waals surface area contributed by atoms with Gasteiger partial charge in [-0.2, -0.15) is 0 Å². The molecule has 1 atom stereocenters. The minimum Gasteiger partial charge on any atom is -0.491 e. The summed E-state index contributed by atoms with van der Waals surface area (Å²) in [4.78, 5) is 12.0. The number of fused-ring (bicyclic) bond motifs is 1. The molecule has 1 amide bonds. The molecule has 0 bridgehead atoms. The van der Waals surface area contributed by atoms with Crippen LogP contribution in [0.4, 0.5) is 0 Å². The van der Waals surface area contributed by atoms with Crippen LogP contribution in [-0.2, 0) is 22.5 Å². The van der Waals surface area contributed by atoms with Gasteiger partial charge in [0.1, 0.15) is 30.6 Å². The van der Waals surface area contributed by atoms with Crippen molar-refractivity contribution in [2.45, 2.75) is 32.4 Å². The zero-order valence-corrected chi connectivity index (χ0v) is 13.8.